The first-order chi connectivity index (χ1) is 27.6. The molecular weight excluding hydrogens is 693 g/mol. The van der Waals surface area contributed by atoms with Crippen LogP contribution >= 0.6 is 0 Å². The molecule has 0 N–H and O–H groups in total. The number of nitrogens with zero attached hydrogens (tertiary/aromatic N) is 4. The van der Waals surface area contributed by atoms with E-state index in [1.807, 2.05) is 48.5 Å². The summed E-state index contributed by atoms with van der Waals surface area (Å²) in [5.74, 6) is 0. The van der Waals surface area contributed by atoms with Crippen LogP contribution in [0.4, 0.5) is 39.8 Å². The van der Waals surface area contributed by atoms with E-state index >= 15 is 0 Å². The van der Waals surface area contributed by atoms with Gasteiger partial charge in [-0.05, 0) is 155 Å². The standard InChI is InChI=1S/C53H44N4/c1-7-38-10-19-43(20-11-38)56(45-23-14-41(35-54)15-24-45)44-21-12-39(13-22-44)8-9-40-16-28-49-50-29-27-47(34-52(50)53(4,5)51(49)33-40)57(46-25-17-42(55-6)18-26-46)48-31-36(2)30-37(3)32-48/h8-34H,7H2,1-5H3/b9-8+. The fourth-order valence-electron chi connectivity index (χ4n) is 8.13. The van der Waals surface area contributed by atoms with Gasteiger partial charge in [0.05, 0.1) is 18.2 Å². The molecule has 1 aliphatic carbocycles. The molecule has 0 aliphatic heterocycles. The molecule has 7 aromatic rings. The summed E-state index contributed by atoms with van der Waals surface area (Å²) in [4.78, 5) is 8.16. The van der Waals surface area contributed by atoms with Crippen molar-refractivity contribution < 1.29 is 0 Å². The number of hydrogen-bond acceptors (Lipinski definition) is 3. The van der Waals surface area contributed by atoms with Gasteiger partial charge in [0.15, 0.2) is 5.69 Å². The summed E-state index contributed by atoms with van der Waals surface area (Å²) in [5.41, 5.74) is 18.6. The molecule has 0 aromatic heterocycles. The summed E-state index contributed by atoms with van der Waals surface area (Å²) in [6.07, 6.45) is 5.38. The van der Waals surface area contributed by atoms with Crippen LogP contribution in [0.1, 0.15) is 65.3 Å². The highest BCUT2D eigenvalue weighted by molar-refractivity contribution is 5.87. The average molecular weight is 737 g/mol. The van der Waals surface area contributed by atoms with Crippen LogP contribution in [0.25, 0.3) is 28.1 Å². The maximum atomic E-state index is 9.38. The van der Waals surface area contributed by atoms with Crippen molar-refractivity contribution in [1.29, 1.82) is 5.26 Å². The first-order valence-corrected chi connectivity index (χ1v) is 19.5. The van der Waals surface area contributed by atoms with Crippen molar-refractivity contribution in [2.75, 3.05) is 9.80 Å². The van der Waals surface area contributed by atoms with Crippen LogP contribution in [0.5, 0.6) is 0 Å². The Kier molecular flexibility index (Phi) is 9.81. The smallest absolute Gasteiger partial charge is 0.187 e. The van der Waals surface area contributed by atoms with E-state index in [0.717, 1.165) is 51.7 Å². The number of aryl methyl sites for hydroxylation is 3. The van der Waals surface area contributed by atoms with Gasteiger partial charge in [0.25, 0.3) is 0 Å². The lowest BCUT2D eigenvalue weighted by Crippen LogP contribution is -2.16. The molecule has 1 aliphatic rings. The Bertz CT molecular complexity index is 2690. The molecule has 0 atom stereocenters. The predicted octanol–water partition coefficient (Wildman–Crippen LogP) is 14.7. The quantitative estimate of drug-likeness (QED) is 0.109. The van der Waals surface area contributed by atoms with E-state index in [0.29, 0.717) is 11.3 Å². The molecule has 0 radical (unpaired) electrons. The Morgan fingerprint density at radius 1 is 0.561 bits per heavy atom. The highest BCUT2D eigenvalue weighted by Gasteiger charge is 2.36. The molecule has 0 unspecified atom stereocenters. The zero-order valence-electron chi connectivity index (χ0n) is 33.1. The Morgan fingerprint density at radius 3 is 1.61 bits per heavy atom. The minimum Gasteiger partial charge on any atom is -0.311 e. The van der Waals surface area contributed by atoms with E-state index in [9.17, 15) is 5.26 Å². The molecule has 4 nitrogen and oxygen atoms in total. The van der Waals surface area contributed by atoms with E-state index in [1.165, 1.54) is 38.9 Å². The van der Waals surface area contributed by atoms with Gasteiger partial charge >= 0.3 is 0 Å². The second-order valence-electron chi connectivity index (χ2n) is 15.4. The van der Waals surface area contributed by atoms with Gasteiger partial charge in [-0.15, -0.1) is 0 Å². The van der Waals surface area contributed by atoms with Gasteiger partial charge in [0.2, 0.25) is 0 Å². The number of nitriles is 1. The number of hydrogen-bond donors (Lipinski definition) is 0. The van der Waals surface area contributed by atoms with Crippen LogP contribution in [-0.2, 0) is 11.8 Å². The second-order valence-corrected chi connectivity index (χ2v) is 15.4. The summed E-state index contributed by atoms with van der Waals surface area (Å²) in [5, 5.41) is 9.38. The van der Waals surface area contributed by atoms with E-state index in [1.54, 1.807) is 0 Å². The fraction of sp³-hybridized carbons (Fsp3) is 0.132. The molecule has 0 saturated heterocycles. The molecule has 276 valence electrons. The number of benzene rings is 7. The van der Waals surface area contributed by atoms with Gasteiger partial charge < -0.3 is 9.80 Å². The minimum atomic E-state index is -0.210. The predicted molar refractivity (Wildman–Crippen MR) is 239 cm³/mol. The number of anilines is 6. The summed E-state index contributed by atoms with van der Waals surface area (Å²) in [6.45, 7) is 18.6. The lowest BCUT2D eigenvalue weighted by Gasteiger charge is -2.28. The second kappa shape index (κ2) is 15.2. The van der Waals surface area contributed by atoms with E-state index in [-0.39, 0.29) is 5.41 Å². The Labute approximate surface area is 337 Å². The maximum absolute atomic E-state index is 9.38. The molecule has 0 heterocycles. The molecule has 4 heteroatoms. The monoisotopic (exact) mass is 736 g/mol. The number of fused-ring (bicyclic) bond motifs is 3. The molecule has 0 saturated carbocycles. The molecule has 0 bridgehead atoms. The lowest BCUT2D eigenvalue weighted by atomic mass is 9.81. The first kappa shape index (κ1) is 36.8. The van der Waals surface area contributed by atoms with Crippen molar-refractivity contribution in [3.8, 4) is 17.2 Å². The minimum absolute atomic E-state index is 0.210. The van der Waals surface area contributed by atoms with Gasteiger partial charge in [-0.1, -0.05) is 99.7 Å². The average Bonchev–Trinajstić information content (AvgIpc) is 3.46. The van der Waals surface area contributed by atoms with E-state index < -0.39 is 0 Å². The zero-order valence-corrected chi connectivity index (χ0v) is 33.1. The van der Waals surface area contributed by atoms with Crippen molar-refractivity contribution in [2.45, 2.75) is 46.5 Å². The van der Waals surface area contributed by atoms with Crippen molar-refractivity contribution in [3.63, 3.8) is 0 Å². The maximum Gasteiger partial charge on any atom is 0.187 e. The third-order valence-corrected chi connectivity index (χ3v) is 11.1. The third-order valence-electron chi connectivity index (χ3n) is 11.1. The van der Waals surface area contributed by atoms with Crippen LogP contribution in [0, 0.1) is 31.8 Å². The summed E-state index contributed by atoms with van der Waals surface area (Å²) >= 11 is 0. The molecule has 8 rings (SSSR count). The number of rotatable bonds is 9. The van der Waals surface area contributed by atoms with Gasteiger partial charge in [-0.2, -0.15) is 5.26 Å². The normalized spacial score (nSPS) is 12.4. The molecule has 0 fully saturated rings. The molecule has 7 aromatic carbocycles. The van der Waals surface area contributed by atoms with E-state index in [4.69, 9.17) is 6.57 Å². The topological polar surface area (TPSA) is 34.6 Å². The highest BCUT2D eigenvalue weighted by atomic mass is 15.1. The summed E-state index contributed by atoms with van der Waals surface area (Å²) in [6, 6.07) is 55.5. The largest absolute Gasteiger partial charge is 0.311 e. The van der Waals surface area contributed by atoms with Crippen LogP contribution in [0.3, 0.4) is 0 Å². The highest BCUT2D eigenvalue weighted by Crippen LogP contribution is 2.51. The third kappa shape index (κ3) is 7.22. The van der Waals surface area contributed by atoms with Crippen LogP contribution < -0.4 is 9.80 Å². The fourth-order valence-corrected chi connectivity index (χ4v) is 8.13. The zero-order chi connectivity index (χ0) is 39.7. The van der Waals surface area contributed by atoms with Gasteiger partial charge in [-0.25, -0.2) is 4.85 Å². The molecule has 0 amide bonds. The lowest BCUT2D eigenvalue weighted by molar-refractivity contribution is 0.660. The van der Waals surface area contributed by atoms with Crippen LogP contribution in [0.15, 0.2) is 152 Å². The Hall–Kier alpha value is -7.14. The van der Waals surface area contributed by atoms with Crippen molar-refractivity contribution in [2.24, 2.45) is 0 Å². The van der Waals surface area contributed by atoms with Gasteiger partial charge in [0, 0.05) is 39.5 Å². The van der Waals surface area contributed by atoms with Crippen molar-refractivity contribution in [3.05, 3.63) is 208 Å². The Balaban J connectivity index is 1.08. The Morgan fingerprint density at radius 2 is 1.04 bits per heavy atom. The first-order valence-electron chi connectivity index (χ1n) is 19.5. The van der Waals surface area contributed by atoms with Crippen LogP contribution in [0.2, 0.25) is 0 Å². The molecular formula is C53H44N4. The van der Waals surface area contributed by atoms with Crippen molar-refractivity contribution >= 4 is 52.0 Å². The van der Waals surface area contributed by atoms with E-state index in [2.05, 4.69) is 171 Å². The SMILES string of the molecule is [C-]#[N+]c1ccc(N(c2cc(C)cc(C)c2)c2ccc3c(c2)C(C)(C)c2cc(/C=C/c4ccc(N(c5ccc(C#N)cc5)c5ccc(CC)cc5)cc4)ccc2-3)cc1. The van der Waals surface area contributed by atoms with Gasteiger partial charge in [0.1, 0.15) is 0 Å². The molecule has 57 heavy (non-hydrogen) atoms. The van der Waals surface area contributed by atoms with Crippen molar-refractivity contribution in [1.82, 2.24) is 0 Å². The van der Waals surface area contributed by atoms with Gasteiger partial charge in [-0.3, -0.25) is 0 Å². The van der Waals surface area contributed by atoms with Crippen LogP contribution in [-0.4, -0.2) is 0 Å². The summed E-state index contributed by atoms with van der Waals surface area (Å²) < 4.78 is 0. The molecule has 0 spiro atoms. The summed E-state index contributed by atoms with van der Waals surface area (Å²) in [7, 11) is 0.